The summed E-state index contributed by atoms with van der Waals surface area (Å²) >= 11 is 0. The van der Waals surface area contributed by atoms with Gasteiger partial charge in [-0.25, -0.2) is 0 Å². The molecule has 0 aliphatic rings. The summed E-state index contributed by atoms with van der Waals surface area (Å²) in [5, 5.41) is 2.91. The molecule has 0 fully saturated rings. The van der Waals surface area contributed by atoms with Gasteiger partial charge in [0.15, 0.2) is 6.61 Å². The van der Waals surface area contributed by atoms with Crippen LogP contribution in [0.15, 0.2) is 48.5 Å². The van der Waals surface area contributed by atoms with Crippen LogP contribution in [0.25, 0.3) is 0 Å². The fourth-order valence-electron chi connectivity index (χ4n) is 2.64. The van der Waals surface area contributed by atoms with Crippen LogP contribution >= 0.6 is 0 Å². The Bertz CT molecular complexity index is 684. The summed E-state index contributed by atoms with van der Waals surface area (Å²) in [6.07, 6.45) is 1.90. The number of carbonyl (C=O) groups excluding carboxylic acids is 1. The molecule has 0 saturated heterocycles. The van der Waals surface area contributed by atoms with Crippen LogP contribution in [-0.4, -0.2) is 19.1 Å². The molecule has 2 aromatic carbocycles. The van der Waals surface area contributed by atoms with E-state index in [1.807, 2.05) is 12.1 Å². The Kier molecular flexibility index (Phi) is 6.63. The summed E-state index contributed by atoms with van der Waals surface area (Å²) in [5.41, 5.74) is 3.95. The number of nitrogens with one attached hydrogen (secondary N) is 1. The summed E-state index contributed by atoms with van der Waals surface area (Å²) in [7, 11) is 0. The van der Waals surface area contributed by atoms with Crippen molar-refractivity contribution >= 4 is 5.91 Å². The molecule has 134 valence electrons. The van der Waals surface area contributed by atoms with E-state index in [0.717, 1.165) is 18.6 Å². The first-order valence-corrected chi connectivity index (χ1v) is 8.90. The zero-order valence-electron chi connectivity index (χ0n) is 15.8. The maximum absolute atomic E-state index is 11.9. The van der Waals surface area contributed by atoms with Crippen molar-refractivity contribution in [2.24, 2.45) is 0 Å². The average molecular weight is 339 g/mol. The van der Waals surface area contributed by atoms with Crippen LogP contribution in [0.2, 0.25) is 0 Å². The monoisotopic (exact) mass is 339 g/mol. The third-order valence-electron chi connectivity index (χ3n) is 4.14. The first kappa shape index (κ1) is 19.0. The topological polar surface area (TPSA) is 38.3 Å². The fraction of sp³-hybridized carbons (Fsp3) is 0.409. The predicted octanol–water partition coefficient (Wildman–Crippen LogP) is 4.42. The predicted molar refractivity (Wildman–Crippen MR) is 103 cm³/mol. The molecule has 0 radical (unpaired) electrons. The van der Waals surface area contributed by atoms with Crippen LogP contribution in [0.5, 0.6) is 5.75 Å². The molecule has 0 aliphatic heterocycles. The van der Waals surface area contributed by atoms with Crippen LogP contribution in [0.4, 0.5) is 0 Å². The second-order valence-electron chi connectivity index (χ2n) is 7.51. The van der Waals surface area contributed by atoms with Gasteiger partial charge in [0.25, 0.3) is 5.91 Å². The Hall–Kier alpha value is -2.29. The number of amides is 1. The van der Waals surface area contributed by atoms with Gasteiger partial charge in [0.1, 0.15) is 5.75 Å². The second-order valence-corrected chi connectivity index (χ2v) is 7.51. The van der Waals surface area contributed by atoms with Crippen molar-refractivity contribution in [2.45, 2.75) is 46.0 Å². The molecule has 1 amide bonds. The minimum atomic E-state index is -0.0795. The van der Waals surface area contributed by atoms with Crippen LogP contribution in [0, 0.1) is 6.92 Å². The minimum absolute atomic E-state index is 0.0549. The van der Waals surface area contributed by atoms with Crippen molar-refractivity contribution in [3.63, 3.8) is 0 Å². The van der Waals surface area contributed by atoms with Crippen molar-refractivity contribution < 1.29 is 9.53 Å². The smallest absolute Gasteiger partial charge is 0.257 e. The molecule has 0 aliphatic carbocycles. The van der Waals surface area contributed by atoms with Gasteiger partial charge in [-0.3, -0.25) is 4.79 Å². The van der Waals surface area contributed by atoms with E-state index in [9.17, 15) is 4.79 Å². The van der Waals surface area contributed by atoms with E-state index in [1.165, 1.54) is 16.7 Å². The highest BCUT2D eigenvalue weighted by molar-refractivity contribution is 5.77. The van der Waals surface area contributed by atoms with E-state index in [4.69, 9.17) is 4.74 Å². The van der Waals surface area contributed by atoms with Gasteiger partial charge in [-0.1, -0.05) is 62.7 Å². The lowest BCUT2D eigenvalue weighted by Gasteiger charge is -2.19. The summed E-state index contributed by atoms with van der Waals surface area (Å²) in [5.74, 6) is 0.645. The van der Waals surface area contributed by atoms with Gasteiger partial charge in [0, 0.05) is 6.54 Å². The van der Waals surface area contributed by atoms with Crippen LogP contribution in [0.1, 0.15) is 43.9 Å². The van der Waals surface area contributed by atoms with E-state index in [1.54, 1.807) is 0 Å². The van der Waals surface area contributed by atoms with Gasteiger partial charge in [-0.2, -0.15) is 0 Å². The Morgan fingerprint density at radius 3 is 2.44 bits per heavy atom. The Morgan fingerprint density at radius 2 is 1.80 bits per heavy atom. The molecule has 0 heterocycles. The average Bonchev–Trinajstić information content (AvgIpc) is 2.56. The highest BCUT2D eigenvalue weighted by Gasteiger charge is 2.13. The molecule has 1 N–H and O–H groups in total. The maximum atomic E-state index is 11.9. The van der Waals surface area contributed by atoms with Crippen molar-refractivity contribution in [1.82, 2.24) is 5.32 Å². The first-order valence-electron chi connectivity index (χ1n) is 8.90. The number of aryl methyl sites for hydroxylation is 2. The number of carbonyl (C=O) groups is 1. The lowest BCUT2D eigenvalue weighted by atomic mass is 9.87. The normalized spacial score (nSPS) is 11.2. The molecule has 0 aromatic heterocycles. The van der Waals surface area contributed by atoms with Crippen molar-refractivity contribution in [1.29, 1.82) is 0 Å². The van der Waals surface area contributed by atoms with Gasteiger partial charge < -0.3 is 10.1 Å². The summed E-state index contributed by atoms with van der Waals surface area (Å²) < 4.78 is 5.55. The quantitative estimate of drug-likeness (QED) is 0.758. The van der Waals surface area contributed by atoms with Crippen molar-refractivity contribution in [3.05, 3.63) is 65.2 Å². The van der Waals surface area contributed by atoms with E-state index < -0.39 is 0 Å². The van der Waals surface area contributed by atoms with Crippen LogP contribution in [0.3, 0.4) is 0 Å². The number of hydrogen-bond acceptors (Lipinski definition) is 2. The second kappa shape index (κ2) is 8.70. The SMILES string of the molecule is Cc1cccc(CCCNC(=O)COc2ccc(C(C)(C)C)cc2)c1. The minimum Gasteiger partial charge on any atom is -0.484 e. The highest BCUT2D eigenvalue weighted by atomic mass is 16.5. The van der Waals surface area contributed by atoms with Crippen molar-refractivity contribution in [3.8, 4) is 5.75 Å². The van der Waals surface area contributed by atoms with Gasteiger partial charge in [-0.05, 0) is 48.4 Å². The molecule has 0 saturated carbocycles. The molecule has 2 rings (SSSR count). The zero-order chi connectivity index (χ0) is 18.3. The molecular formula is C22H29NO2. The third-order valence-corrected chi connectivity index (χ3v) is 4.14. The lowest BCUT2D eigenvalue weighted by Crippen LogP contribution is -2.29. The summed E-state index contributed by atoms with van der Waals surface area (Å²) in [4.78, 5) is 11.9. The molecule has 0 bridgehead atoms. The fourth-order valence-corrected chi connectivity index (χ4v) is 2.64. The Balaban J connectivity index is 1.67. The lowest BCUT2D eigenvalue weighted by molar-refractivity contribution is -0.123. The highest BCUT2D eigenvalue weighted by Crippen LogP contribution is 2.24. The molecule has 0 spiro atoms. The van der Waals surface area contributed by atoms with Gasteiger partial charge in [0.05, 0.1) is 0 Å². The number of benzene rings is 2. The van der Waals surface area contributed by atoms with E-state index >= 15 is 0 Å². The van der Waals surface area contributed by atoms with Crippen molar-refractivity contribution in [2.75, 3.05) is 13.2 Å². The molecule has 2 aromatic rings. The largest absolute Gasteiger partial charge is 0.484 e. The number of rotatable bonds is 7. The Morgan fingerprint density at radius 1 is 1.08 bits per heavy atom. The molecule has 25 heavy (non-hydrogen) atoms. The molecule has 3 heteroatoms. The number of ether oxygens (including phenoxy) is 1. The molecule has 3 nitrogen and oxygen atoms in total. The zero-order valence-corrected chi connectivity index (χ0v) is 15.8. The van der Waals surface area contributed by atoms with E-state index in [-0.39, 0.29) is 17.9 Å². The maximum Gasteiger partial charge on any atom is 0.257 e. The van der Waals surface area contributed by atoms with Crippen LogP contribution in [-0.2, 0) is 16.6 Å². The van der Waals surface area contributed by atoms with Crippen LogP contribution < -0.4 is 10.1 Å². The summed E-state index contributed by atoms with van der Waals surface area (Å²) in [6, 6.07) is 16.4. The summed E-state index contributed by atoms with van der Waals surface area (Å²) in [6.45, 7) is 9.34. The van der Waals surface area contributed by atoms with Gasteiger partial charge in [0.2, 0.25) is 0 Å². The third kappa shape index (κ3) is 6.61. The van der Waals surface area contributed by atoms with E-state index in [0.29, 0.717) is 6.54 Å². The first-order chi connectivity index (χ1) is 11.8. The van der Waals surface area contributed by atoms with Gasteiger partial charge in [-0.15, -0.1) is 0 Å². The Labute approximate surface area is 151 Å². The standard InChI is InChI=1S/C22H29NO2/c1-17-7-5-8-18(15-17)9-6-14-23-21(24)16-25-20-12-10-19(11-13-20)22(2,3)4/h5,7-8,10-13,15H,6,9,14,16H2,1-4H3,(H,23,24). The molecule has 0 atom stereocenters. The molecule has 0 unspecified atom stereocenters. The van der Waals surface area contributed by atoms with Gasteiger partial charge >= 0.3 is 0 Å². The van der Waals surface area contributed by atoms with E-state index in [2.05, 4.69) is 69.4 Å². The number of hydrogen-bond donors (Lipinski definition) is 1. The molecular weight excluding hydrogens is 310 g/mol.